The van der Waals surface area contributed by atoms with Crippen LogP contribution in [-0.2, 0) is 4.79 Å². The van der Waals surface area contributed by atoms with E-state index in [4.69, 9.17) is 0 Å². The number of hydrogen-bond acceptors (Lipinski definition) is 4. The van der Waals surface area contributed by atoms with Crippen molar-refractivity contribution in [2.24, 2.45) is 0 Å². The molecule has 138 valence electrons. The van der Waals surface area contributed by atoms with Crippen LogP contribution in [0, 0.1) is 0 Å². The Morgan fingerprint density at radius 1 is 0.750 bits per heavy atom. The lowest BCUT2D eigenvalue weighted by Crippen LogP contribution is -2.57. The Kier molecular flexibility index (Phi) is 3.70. The van der Waals surface area contributed by atoms with Gasteiger partial charge in [0, 0.05) is 17.6 Å². The van der Waals surface area contributed by atoms with Gasteiger partial charge in [-0.1, -0.05) is 60.3 Å². The maximum Gasteiger partial charge on any atom is 0.339 e. The Hall–Kier alpha value is -3.25. The number of imide groups is 1. The van der Waals surface area contributed by atoms with E-state index in [1.807, 2.05) is 84.7 Å². The standard InChI is InChI=1S/C22H17N3O2S/c1-23-18-14-8-9-15-19(18)28-22(23)20(26)24(16-10-4-2-5-11-16)21(27)25(22)17-12-6-3-7-13-17/h2-15H,1H3/t22-/m1/s1. The largest absolute Gasteiger partial charge is 0.339 e. The Labute approximate surface area is 167 Å². The fourth-order valence-electron chi connectivity index (χ4n) is 3.81. The van der Waals surface area contributed by atoms with Crippen LogP contribution in [-0.4, -0.2) is 24.0 Å². The molecule has 0 aliphatic carbocycles. The van der Waals surface area contributed by atoms with Crippen LogP contribution in [0.25, 0.3) is 0 Å². The summed E-state index contributed by atoms with van der Waals surface area (Å²) in [6.45, 7) is 0. The van der Waals surface area contributed by atoms with E-state index < -0.39 is 4.99 Å². The molecule has 6 heteroatoms. The van der Waals surface area contributed by atoms with Crippen molar-refractivity contribution < 1.29 is 9.59 Å². The molecule has 0 radical (unpaired) electrons. The highest BCUT2D eigenvalue weighted by Crippen LogP contribution is 2.55. The average molecular weight is 387 g/mol. The molecule has 0 unspecified atom stereocenters. The van der Waals surface area contributed by atoms with E-state index in [2.05, 4.69) is 0 Å². The van der Waals surface area contributed by atoms with Gasteiger partial charge in [0.05, 0.1) is 11.4 Å². The number of para-hydroxylation sites is 3. The highest BCUT2D eigenvalue weighted by atomic mass is 32.2. The number of carbonyl (C=O) groups is 2. The Bertz CT molecular complexity index is 1070. The number of likely N-dealkylation sites (N-methyl/N-ethyl adjacent to an activating group) is 1. The van der Waals surface area contributed by atoms with Crippen LogP contribution in [0.5, 0.6) is 0 Å². The number of anilines is 3. The van der Waals surface area contributed by atoms with Gasteiger partial charge in [-0.05, 0) is 36.4 Å². The van der Waals surface area contributed by atoms with Gasteiger partial charge in [-0.25, -0.2) is 9.69 Å². The van der Waals surface area contributed by atoms with Crippen LogP contribution in [0.2, 0.25) is 0 Å². The van der Waals surface area contributed by atoms with Gasteiger partial charge >= 0.3 is 6.03 Å². The zero-order chi connectivity index (χ0) is 19.3. The van der Waals surface area contributed by atoms with Crippen LogP contribution in [0.4, 0.5) is 21.9 Å². The average Bonchev–Trinajstić information content (AvgIpc) is 3.15. The lowest BCUT2D eigenvalue weighted by Gasteiger charge is -2.37. The second-order valence-corrected chi connectivity index (χ2v) is 7.88. The number of carbonyl (C=O) groups excluding carboxylic acids is 2. The molecule has 1 saturated heterocycles. The number of rotatable bonds is 2. The maximum absolute atomic E-state index is 13.8. The molecule has 5 nitrogen and oxygen atoms in total. The lowest BCUT2D eigenvalue weighted by molar-refractivity contribution is -0.118. The summed E-state index contributed by atoms with van der Waals surface area (Å²) >= 11 is 1.41. The van der Waals surface area contributed by atoms with Crippen LogP contribution < -0.4 is 14.7 Å². The third-order valence-corrected chi connectivity index (χ3v) is 6.61. The van der Waals surface area contributed by atoms with Crippen molar-refractivity contribution in [1.29, 1.82) is 0 Å². The quantitative estimate of drug-likeness (QED) is 0.605. The van der Waals surface area contributed by atoms with E-state index in [0.717, 1.165) is 10.6 Å². The molecule has 3 aromatic rings. The molecule has 2 aliphatic rings. The molecule has 0 saturated carbocycles. The monoisotopic (exact) mass is 387 g/mol. The summed E-state index contributed by atoms with van der Waals surface area (Å²) in [5.41, 5.74) is 2.19. The Morgan fingerprint density at radius 3 is 1.96 bits per heavy atom. The number of nitrogens with zero attached hydrogens (tertiary/aromatic N) is 3. The second kappa shape index (κ2) is 6.14. The zero-order valence-electron chi connectivity index (χ0n) is 15.1. The van der Waals surface area contributed by atoms with Crippen LogP contribution in [0.15, 0.2) is 89.8 Å². The molecular formula is C22H17N3O2S. The van der Waals surface area contributed by atoms with Gasteiger partial charge in [0.1, 0.15) is 0 Å². The molecule has 0 aromatic heterocycles. The summed E-state index contributed by atoms with van der Waals surface area (Å²) in [6.07, 6.45) is 0. The van der Waals surface area contributed by atoms with E-state index >= 15 is 0 Å². The van der Waals surface area contributed by atoms with E-state index in [1.54, 1.807) is 17.0 Å². The lowest BCUT2D eigenvalue weighted by atomic mass is 10.2. The molecule has 5 rings (SSSR count). The van der Waals surface area contributed by atoms with Crippen LogP contribution in [0.1, 0.15) is 0 Å². The summed E-state index contributed by atoms with van der Waals surface area (Å²) in [4.78, 5) is 31.9. The van der Waals surface area contributed by atoms with Gasteiger partial charge in [0.2, 0.25) is 0 Å². The van der Waals surface area contributed by atoms with Crippen LogP contribution >= 0.6 is 11.8 Å². The fraction of sp³-hybridized carbons (Fsp3) is 0.0909. The third-order valence-electron chi connectivity index (χ3n) is 5.13. The minimum atomic E-state index is -1.20. The minimum Gasteiger partial charge on any atom is -0.334 e. The van der Waals surface area contributed by atoms with Crippen LogP contribution in [0.3, 0.4) is 0 Å². The van der Waals surface area contributed by atoms with Gasteiger partial charge in [-0.3, -0.25) is 9.69 Å². The molecule has 0 N–H and O–H groups in total. The number of hydrogen-bond donors (Lipinski definition) is 0. The summed E-state index contributed by atoms with van der Waals surface area (Å²) in [5.74, 6) is -0.267. The first-order valence-corrected chi connectivity index (χ1v) is 9.77. The number of benzene rings is 3. The van der Waals surface area contributed by atoms with Crippen molar-refractivity contribution in [3.8, 4) is 0 Å². The summed E-state index contributed by atoms with van der Waals surface area (Å²) in [6, 6.07) is 25.9. The van der Waals surface area contributed by atoms with Crippen molar-refractivity contribution in [2.75, 3.05) is 21.7 Å². The molecule has 0 bridgehead atoms. The highest BCUT2D eigenvalue weighted by molar-refractivity contribution is 8.02. The van der Waals surface area contributed by atoms with Gasteiger partial charge in [-0.15, -0.1) is 0 Å². The Balaban J connectivity index is 1.72. The van der Waals surface area contributed by atoms with Crippen molar-refractivity contribution in [1.82, 2.24) is 0 Å². The van der Waals surface area contributed by atoms with Gasteiger partial charge < -0.3 is 4.90 Å². The topological polar surface area (TPSA) is 43.9 Å². The summed E-state index contributed by atoms with van der Waals surface area (Å²) in [7, 11) is 1.87. The molecular weight excluding hydrogens is 370 g/mol. The van der Waals surface area contributed by atoms with E-state index in [9.17, 15) is 9.59 Å². The van der Waals surface area contributed by atoms with E-state index in [-0.39, 0.29) is 11.9 Å². The smallest absolute Gasteiger partial charge is 0.334 e. The zero-order valence-corrected chi connectivity index (χ0v) is 16.0. The number of thioether (sulfide) groups is 1. The first-order valence-electron chi connectivity index (χ1n) is 8.95. The van der Waals surface area contributed by atoms with Gasteiger partial charge in [0.25, 0.3) is 10.9 Å². The molecule has 1 spiro atoms. The summed E-state index contributed by atoms with van der Waals surface area (Å²) < 4.78 is 0. The Morgan fingerprint density at radius 2 is 1.32 bits per heavy atom. The predicted octanol–water partition coefficient (Wildman–Crippen LogP) is 4.56. The molecule has 1 fully saturated rings. The highest BCUT2D eigenvalue weighted by Gasteiger charge is 2.64. The second-order valence-electron chi connectivity index (χ2n) is 6.67. The molecule has 28 heavy (non-hydrogen) atoms. The normalized spacial score (nSPS) is 21.0. The number of urea groups is 1. The number of fused-ring (bicyclic) bond motifs is 1. The van der Waals surface area contributed by atoms with Gasteiger partial charge in [0.15, 0.2) is 0 Å². The molecule has 1 atom stereocenters. The third kappa shape index (κ3) is 2.15. The fourth-order valence-corrected chi connectivity index (χ4v) is 5.26. The van der Waals surface area contributed by atoms with Crippen molar-refractivity contribution >= 4 is 40.8 Å². The van der Waals surface area contributed by atoms with Gasteiger partial charge in [-0.2, -0.15) is 0 Å². The maximum atomic E-state index is 13.8. The predicted molar refractivity (Wildman–Crippen MR) is 112 cm³/mol. The molecule has 2 heterocycles. The first kappa shape index (κ1) is 16.9. The first-order chi connectivity index (χ1) is 13.6. The number of amides is 3. The minimum absolute atomic E-state index is 0.267. The molecule has 3 aromatic carbocycles. The van der Waals surface area contributed by atoms with Crippen molar-refractivity contribution in [2.45, 2.75) is 9.89 Å². The SMILES string of the molecule is CN1c2ccccc2S[C@]12C(=O)N(c1ccccc1)C(=O)N2c1ccccc1. The molecule has 2 aliphatic heterocycles. The van der Waals surface area contributed by atoms with Crippen molar-refractivity contribution in [3.05, 3.63) is 84.9 Å². The van der Waals surface area contributed by atoms with E-state index in [1.165, 1.54) is 16.7 Å². The summed E-state index contributed by atoms with van der Waals surface area (Å²) in [5, 5.41) is 0. The molecule has 3 amide bonds. The van der Waals surface area contributed by atoms with E-state index in [0.29, 0.717) is 11.4 Å². The van der Waals surface area contributed by atoms with Crippen molar-refractivity contribution in [3.63, 3.8) is 0 Å².